The molecule has 1 unspecified atom stereocenters. The van der Waals surface area contributed by atoms with E-state index in [2.05, 4.69) is 46.5 Å². The lowest BCUT2D eigenvalue weighted by Gasteiger charge is -2.13. The highest BCUT2D eigenvalue weighted by Crippen LogP contribution is 2.19. The normalized spacial score (nSPS) is 12.4. The Hall–Kier alpha value is -1.84. The number of hydrogen-bond acceptors (Lipinski definition) is 3. The lowest BCUT2D eigenvalue weighted by atomic mass is 10.1. The smallest absolute Gasteiger partial charge is 0.155 e. The maximum atomic E-state index is 4.13. The molecule has 0 fully saturated rings. The Labute approximate surface area is 95.1 Å². The van der Waals surface area contributed by atoms with Crippen molar-refractivity contribution >= 4 is 5.69 Å². The molecule has 2 rings (SSSR count). The molecule has 0 bridgehead atoms. The predicted molar refractivity (Wildman–Crippen MR) is 65.2 cm³/mol. The molecule has 0 aliphatic rings. The second kappa shape index (κ2) is 4.79. The third-order valence-electron chi connectivity index (χ3n) is 2.58. The molecule has 1 atom stereocenters. The summed E-state index contributed by atoms with van der Waals surface area (Å²) >= 11 is 0. The fourth-order valence-corrected chi connectivity index (χ4v) is 1.49. The first kappa shape index (κ1) is 10.7. The van der Waals surface area contributed by atoms with Gasteiger partial charge in [-0.1, -0.05) is 19.1 Å². The van der Waals surface area contributed by atoms with Crippen molar-refractivity contribution in [1.29, 1.82) is 0 Å². The van der Waals surface area contributed by atoms with Crippen LogP contribution in [0, 0.1) is 0 Å². The summed E-state index contributed by atoms with van der Waals surface area (Å²) in [6.07, 6.45) is 2.62. The van der Waals surface area contributed by atoms with Crippen molar-refractivity contribution in [2.45, 2.75) is 26.3 Å². The Morgan fingerprint density at radius 2 is 2.31 bits per heavy atom. The maximum Gasteiger partial charge on any atom is 0.155 e. The summed E-state index contributed by atoms with van der Waals surface area (Å²) in [5, 5.41) is 10.1. The minimum absolute atomic E-state index is 0.477. The zero-order valence-electron chi connectivity index (χ0n) is 9.57. The number of hydrogen-bond donors (Lipinski definition) is 2. The lowest BCUT2D eigenvalue weighted by molar-refractivity contribution is 0.764. The monoisotopic (exact) mass is 216 g/mol. The molecule has 84 valence electrons. The maximum absolute atomic E-state index is 4.13. The van der Waals surface area contributed by atoms with Crippen LogP contribution in [0.4, 0.5) is 5.69 Å². The standard InChI is InChI=1S/C12H16N4/c1-3-9(2)15-11-6-4-5-10(7-11)12-13-8-14-16-12/h4-9,15H,3H2,1-2H3,(H,13,14,16). The van der Waals surface area contributed by atoms with E-state index in [1.165, 1.54) is 6.33 Å². The van der Waals surface area contributed by atoms with E-state index in [0.29, 0.717) is 6.04 Å². The van der Waals surface area contributed by atoms with E-state index in [0.717, 1.165) is 23.5 Å². The van der Waals surface area contributed by atoms with Gasteiger partial charge in [-0.3, -0.25) is 5.10 Å². The van der Waals surface area contributed by atoms with Crippen LogP contribution in [0.1, 0.15) is 20.3 Å². The highest BCUT2D eigenvalue weighted by atomic mass is 15.2. The summed E-state index contributed by atoms with van der Waals surface area (Å²) in [6, 6.07) is 8.65. The van der Waals surface area contributed by atoms with Crippen molar-refractivity contribution in [3.8, 4) is 11.4 Å². The molecule has 0 aliphatic heterocycles. The molecule has 0 saturated heterocycles. The van der Waals surface area contributed by atoms with Crippen LogP contribution in [-0.4, -0.2) is 21.2 Å². The first-order valence-electron chi connectivity index (χ1n) is 5.52. The predicted octanol–water partition coefficient (Wildman–Crippen LogP) is 2.68. The topological polar surface area (TPSA) is 53.6 Å². The van der Waals surface area contributed by atoms with Gasteiger partial charge < -0.3 is 5.32 Å². The van der Waals surface area contributed by atoms with Crippen molar-refractivity contribution in [2.75, 3.05) is 5.32 Å². The molecule has 0 saturated carbocycles. The Bertz CT molecular complexity index is 436. The number of H-pyrrole nitrogens is 1. The summed E-state index contributed by atoms with van der Waals surface area (Å²) in [5.74, 6) is 0.799. The van der Waals surface area contributed by atoms with E-state index in [-0.39, 0.29) is 0 Å². The van der Waals surface area contributed by atoms with E-state index < -0.39 is 0 Å². The van der Waals surface area contributed by atoms with Crippen molar-refractivity contribution < 1.29 is 0 Å². The van der Waals surface area contributed by atoms with Gasteiger partial charge in [0, 0.05) is 17.3 Å². The van der Waals surface area contributed by atoms with Crippen LogP contribution < -0.4 is 5.32 Å². The second-order valence-electron chi connectivity index (χ2n) is 3.87. The highest BCUT2D eigenvalue weighted by molar-refractivity contribution is 5.62. The van der Waals surface area contributed by atoms with Crippen LogP contribution in [0.25, 0.3) is 11.4 Å². The fourth-order valence-electron chi connectivity index (χ4n) is 1.49. The van der Waals surface area contributed by atoms with Crippen LogP contribution >= 0.6 is 0 Å². The number of nitrogens with zero attached hydrogens (tertiary/aromatic N) is 2. The van der Waals surface area contributed by atoms with Gasteiger partial charge >= 0.3 is 0 Å². The van der Waals surface area contributed by atoms with E-state index >= 15 is 0 Å². The summed E-state index contributed by atoms with van der Waals surface area (Å²) < 4.78 is 0. The van der Waals surface area contributed by atoms with Crippen LogP contribution in [0.15, 0.2) is 30.6 Å². The Morgan fingerprint density at radius 1 is 1.44 bits per heavy atom. The Kier molecular flexibility index (Phi) is 3.19. The molecule has 0 spiro atoms. The van der Waals surface area contributed by atoms with Gasteiger partial charge in [-0.15, -0.1) is 0 Å². The first-order chi connectivity index (χ1) is 7.79. The van der Waals surface area contributed by atoms with E-state index in [1.54, 1.807) is 0 Å². The largest absolute Gasteiger partial charge is 0.383 e. The van der Waals surface area contributed by atoms with Crippen molar-refractivity contribution in [2.24, 2.45) is 0 Å². The van der Waals surface area contributed by atoms with Gasteiger partial charge in [0.05, 0.1) is 0 Å². The highest BCUT2D eigenvalue weighted by Gasteiger charge is 2.03. The van der Waals surface area contributed by atoms with Gasteiger partial charge in [-0.25, -0.2) is 4.98 Å². The average molecular weight is 216 g/mol. The molecule has 1 aromatic heterocycles. The summed E-state index contributed by atoms with van der Waals surface area (Å²) in [7, 11) is 0. The SMILES string of the molecule is CCC(C)Nc1cccc(-c2ncn[nH]2)c1. The van der Waals surface area contributed by atoms with Crippen LogP contribution in [0.2, 0.25) is 0 Å². The van der Waals surface area contributed by atoms with Gasteiger partial charge in [-0.05, 0) is 25.5 Å². The third kappa shape index (κ3) is 2.39. The molecule has 1 heterocycles. The Balaban J connectivity index is 2.20. The van der Waals surface area contributed by atoms with E-state index in [9.17, 15) is 0 Å². The second-order valence-corrected chi connectivity index (χ2v) is 3.87. The molecule has 0 amide bonds. The average Bonchev–Trinajstić information content (AvgIpc) is 2.83. The lowest BCUT2D eigenvalue weighted by Crippen LogP contribution is -2.13. The minimum atomic E-state index is 0.477. The number of anilines is 1. The van der Waals surface area contributed by atoms with Gasteiger partial charge in [0.15, 0.2) is 5.82 Å². The van der Waals surface area contributed by atoms with Gasteiger partial charge in [0.25, 0.3) is 0 Å². The first-order valence-corrected chi connectivity index (χ1v) is 5.52. The molecule has 4 nitrogen and oxygen atoms in total. The van der Waals surface area contributed by atoms with Gasteiger partial charge in [-0.2, -0.15) is 5.10 Å². The van der Waals surface area contributed by atoms with Crippen LogP contribution in [0.3, 0.4) is 0 Å². The third-order valence-corrected chi connectivity index (χ3v) is 2.58. The molecule has 0 aliphatic carbocycles. The number of rotatable bonds is 4. The molecule has 16 heavy (non-hydrogen) atoms. The number of aromatic amines is 1. The zero-order valence-corrected chi connectivity index (χ0v) is 9.57. The molecule has 1 aromatic carbocycles. The minimum Gasteiger partial charge on any atom is -0.383 e. The van der Waals surface area contributed by atoms with Crippen molar-refractivity contribution in [1.82, 2.24) is 15.2 Å². The number of nitrogens with one attached hydrogen (secondary N) is 2. The number of benzene rings is 1. The fraction of sp³-hybridized carbons (Fsp3) is 0.333. The quantitative estimate of drug-likeness (QED) is 0.826. The summed E-state index contributed by atoms with van der Waals surface area (Å²) in [4.78, 5) is 4.13. The van der Waals surface area contributed by atoms with Gasteiger partial charge in [0.1, 0.15) is 6.33 Å². The van der Waals surface area contributed by atoms with E-state index in [4.69, 9.17) is 0 Å². The molecular weight excluding hydrogens is 200 g/mol. The number of aromatic nitrogens is 3. The van der Waals surface area contributed by atoms with Crippen molar-refractivity contribution in [3.05, 3.63) is 30.6 Å². The molecule has 0 radical (unpaired) electrons. The molecule has 4 heteroatoms. The van der Waals surface area contributed by atoms with Crippen LogP contribution in [-0.2, 0) is 0 Å². The van der Waals surface area contributed by atoms with E-state index in [1.807, 2.05) is 12.1 Å². The summed E-state index contributed by atoms with van der Waals surface area (Å²) in [6.45, 7) is 4.33. The molecule has 2 N–H and O–H groups in total. The zero-order chi connectivity index (χ0) is 11.4. The Morgan fingerprint density at radius 3 is 3.00 bits per heavy atom. The van der Waals surface area contributed by atoms with Crippen LogP contribution in [0.5, 0.6) is 0 Å². The van der Waals surface area contributed by atoms with Gasteiger partial charge in [0.2, 0.25) is 0 Å². The summed E-state index contributed by atoms with van der Waals surface area (Å²) in [5.41, 5.74) is 2.16. The molecule has 2 aromatic rings. The molecular formula is C12H16N4. The van der Waals surface area contributed by atoms with Crippen molar-refractivity contribution in [3.63, 3.8) is 0 Å².